The quantitative estimate of drug-likeness (QED) is 0.493. The summed E-state index contributed by atoms with van der Waals surface area (Å²) in [5.74, 6) is 0. The van der Waals surface area contributed by atoms with Crippen molar-refractivity contribution in [1.29, 1.82) is 0 Å². The van der Waals surface area contributed by atoms with Gasteiger partial charge in [-0.15, -0.1) is 0 Å². The van der Waals surface area contributed by atoms with E-state index in [9.17, 15) is 4.79 Å². The average molecular weight is 186 g/mol. The molecule has 1 fully saturated rings. The molecule has 4 heteroatoms. The Labute approximate surface area is 77.7 Å². The molecule has 0 atom stereocenters. The predicted octanol–water partition coefficient (Wildman–Crippen LogP) is 0.721. The predicted molar refractivity (Wildman–Crippen MR) is 51.8 cm³/mol. The zero-order valence-electron chi connectivity index (χ0n) is 7.01. The van der Waals surface area contributed by atoms with Gasteiger partial charge >= 0.3 is 0 Å². The van der Waals surface area contributed by atoms with Crippen molar-refractivity contribution in [3.8, 4) is 0 Å². The third kappa shape index (κ3) is 2.17. The van der Waals surface area contributed by atoms with Crippen LogP contribution in [0.3, 0.4) is 0 Å². The summed E-state index contributed by atoms with van der Waals surface area (Å²) in [5, 5.41) is 3.11. The minimum Gasteiger partial charge on any atom is -0.376 e. The lowest BCUT2D eigenvalue weighted by atomic mass is 9.83. The molecular weight excluding hydrogens is 172 g/mol. The minimum atomic E-state index is -0.454. The van der Waals surface area contributed by atoms with Crippen molar-refractivity contribution in [3.63, 3.8) is 0 Å². The zero-order chi connectivity index (χ0) is 9.03. The number of thiocarbonyl (C=S) groups is 1. The molecule has 12 heavy (non-hydrogen) atoms. The largest absolute Gasteiger partial charge is 0.376 e. The Morgan fingerprint density at radius 2 is 2.00 bits per heavy atom. The first kappa shape index (κ1) is 9.45. The Morgan fingerprint density at radius 3 is 2.42 bits per heavy atom. The highest BCUT2D eigenvalue weighted by Gasteiger charge is 2.31. The number of aldehydes is 1. The highest BCUT2D eigenvalue weighted by atomic mass is 32.1. The molecule has 1 aliphatic carbocycles. The standard InChI is InChI=1S/C8H14N2OS/c9-7(12)10-8(6-11)4-2-1-3-5-8/h6H,1-5H2,(H3,9,10,12). The third-order valence-corrected chi connectivity index (χ3v) is 2.45. The summed E-state index contributed by atoms with van der Waals surface area (Å²) in [6.45, 7) is 0. The second-order valence-corrected chi connectivity index (χ2v) is 3.76. The van der Waals surface area contributed by atoms with Crippen molar-refractivity contribution in [1.82, 2.24) is 5.32 Å². The fourth-order valence-electron chi connectivity index (χ4n) is 1.70. The molecular formula is C8H14N2OS. The van der Waals surface area contributed by atoms with Crippen LogP contribution in [0.1, 0.15) is 32.1 Å². The van der Waals surface area contributed by atoms with Crippen molar-refractivity contribution in [2.75, 3.05) is 0 Å². The number of carbonyl (C=O) groups excluding carboxylic acids is 1. The summed E-state index contributed by atoms with van der Waals surface area (Å²) in [5.41, 5.74) is 4.89. The molecule has 1 rings (SSSR count). The van der Waals surface area contributed by atoms with Crippen LogP contribution >= 0.6 is 12.2 Å². The lowest BCUT2D eigenvalue weighted by Gasteiger charge is -2.32. The SMILES string of the molecule is NC(=S)NC1(C=O)CCCCC1. The smallest absolute Gasteiger partial charge is 0.164 e. The van der Waals surface area contributed by atoms with Crippen LogP contribution in [-0.2, 0) is 4.79 Å². The highest BCUT2D eigenvalue weighted by Crippen LogP contribution is 2.26. The van der Waals surface area contributed by atoms with E-state index in [1.165, 1.54) is 6.42 Å². The van der Waals surface area contributed by atoms with Crippen LogP contribution < -0.4 is 11.1 Å². The van der Waals surface area contributed by atoms with E-state index in [2.05, 4.69) is 5.32 Å². The average Bonchev–Trinajstić information content (AvgIpc) is 2.05. The van der Waals surface area contributed by atoms with Crippen LogP contribution in [0.2, 0.25) is 0 Å². The normalized spacial score (nSPS) is 21.3. The molecule has 0 aliphatic heterocycles. The topological polar surface area (TPSA) is 55.1 Å². The number of rotatable bonds is 2. The fourth-order valence-corrected chi connectivity index (χ4v) is 1.90. The van der Waals surface area contributed by atoms with E-state index < -0.39 is 5.54 Å². The number of carbonyl (C=O) groups is 1. The maximum Gasteiger partial charge on any atom is 0.164 e. The molecule has 1 aliphatic rings. The summed E-state index contributed by atoms with van der Waals surface area (Å²) < 4.78 is 0. The van der Waals surface area contributed by atoms with Gasteiger partial charge in [0.1, 0.15) is 6.29 Å². The number of nitrogens with two attached hydrogens (primary N) is 1. The molecule has 0 unspecified atom stereocenters. The molecule has 0 radical (unpaired) electrons. The van der Waals surface area contributed by atoms with E-state index in [1.807, 2.05) is 0 Å². The molecule has 0 saturated heterocycles. The maximum atomic E-state index is 10.8. The van der Waals surface area contributed by atoms with E-state index in [0.717, 1.165) is 32.0 Å². The van der Waals surface area contributed by atoms with E-state index >= 15 is 0 Å². The third-order valence-electron chi connectivity index (χ3n) is 2.34. The number of nitrogens with one attached hydrogen (secondary N) is 1. The van der Waals surface area contributed by atoms with Gasteiger partial charge in [-0.2, -0.15) is 0 Å². The molecule has 1 saturated carbocycles. The molecule has 0 amide bonds. The molecule has 0 heterocycles. The van der Waals surface area contributed by atoms with Crippen LogP contribution in [0.25, 0.3) is 0 Å². The van der Waals surface area contributed by atoms with Gasteiger partial charge in [0.2, 0.25) is 0 Å². The van der Waals surface area contributed by atoms with Gasteiger partial charge in [-0.05, 0) is 25.1 Å². The van der Waals surface area contributed by atoms with Crippen molar-refractivity contribution < 1.29 is 4.79 Å². The Kier molecular flexibility index (Phi) is 3.03. The summed E-state index contributed by atoms with van der Waals surface area (Å²) in [6, 6.07) is 0. The summed E-state index contributed by atoms with van der Waals surface area (Å²) in [6.07, 6.45) is 6.02. The molecule has 0 aromatic rings. The van der Waals surface area contributed by atoms with Gasteiger partial charge in [-0.25, -0.2) is 0 Å². The fraction of sp³-hybridized carbons (Fsp3) is 0.750. The van der Waals surface area contributed by atoms with E-state index in [-0.39, 0.29) is 5.11 Å². The molecule has 3 nitrogen and oxygen atoms in total. The molecule has 68 valence electrons. The number of hydrogen-bond acceptors (Lipinski definition) is 2. The Hall–Kier alpha value is -0.640. The molecule has 3 N–H and O–H groups in total. The minimum absolute atomic E-state index is 0.226. The number of hydrogen-bond donors (Lipinski definition) is 2. The maximum absolute atomic E-state index is 10.8. The second kappa shape index (κ2) is 3.85. The van der Waals surface area contributed by atoms with Gasteiger partial charge in [0.05, 0.1) is 5.54 Å². The second-order valence-electron chi connectivity index (χ2n) is 3.32. The van der Waals surface area contributed by atoms with Crippen LogP contribution in [0.15, 0.2) is 0 Å². The highest BCUT2D eigenvalue weighted by molar-refractivity contribution is 7.80. The Bertz CT molecular complexity index is 187. The van der Waals surface area contributed by atoms with Crippen LogP contribution in [0, 0.1) is 0 Å². The van der Waals surface area contributed by atoms with Crippen molar-refractivity contribution in [2.45, 2.75) is 37.6 Å². The zero-order valence-corrected chi connectivity index (χ0v) is 7.82. The lowest BCUT2D eigenvalue weighted by molar-refractivity contribution is -0.113. The van der Waals surface area contributed by atoms with Crippen LogP contribution in [0.5, 0.6) is 0 Å². The van der Waals surface area contributed by atoms with Crippen LogP contribution in [-0.4, -0.2) is 16.9 Å². The summed E-state index contributed by atoms with van der Waals surface area (Å²) >= 11 is 4.72. The first-order chi connectivity index (χ1) is 5.68. The first-order valence-electron chi connectivity index (χ1n) is 4.22. The molecule has 0 aromatic heterocycles. The van der Waals surface area contributed by atoms with Crippen LogP contribution in [0.4, 0.5) is 0 Å². The monoisotopic (exact) mass is 186 g/mol. The van der Waals surface area contributed by atoms with Gasteiger partial charge in [0.25, 0.3) is 0 Å². The van der Waals surface area contributed by atoms with Gasteiger partial charge < -0.3 is 15.8 Å². The summed E-state index contributed by atoms with van der Waals surface area (Å²) in [4.78, 5) is 10.8. The van der Waals surface area contributed by atoms with Crippen molar-refractivity contribution >= 4 is 23.6 Å². The van der Waals surface area contributed by atoms with Gasteiger partial charge in [0, 0.05) is 0 Å². The molecule has 0 spiro atoms. The summed E-state index contributed by atoms with van der Waals surface area (Å²) in [7, 11) is 0. The Balaban J connectivity index is 2.59. The van der Waals surface area contributed by atoms with Gasteiger partial charge in [-0.1, -0.05) is 19.3 Å². The molecule has 0 bridgehead atoms. The molecule has 0 aromatic carbocycles. The van der Waals surface area contributed by atoms with E-state index in [4.69, 9.17) is 18.0 Å². The Morgan fingerprint density at radius 1 is 1.42 bits per heavy atom. The van der Waals surface area contributed by atoms with Gasteiger partial charge in [-0.3, -0.25) is 0 Å². The van der Waals surface area contributed by atoms with Crippen molar-refractivity contribution in [2.24, 2.45) is 5.73 Å². The van der Waals surface area contributed by atoms with E-state index in [1.54, 1.807) is 0 Å². The van der Waals surface area contributed by atoms with Gasteiger partial charge in [0.15, 0.2) is 5.11 Å². The lowest BCUT2D eigenvalue weighted by Crippen LogP contribution is -2.52. The first-order valence-corrected chi connectivity index (χ1v) is 4.63. The van der Waals surface area contributed by atoms with E-state index in [0.29, 0.717) is 0 Å². The van der Waals surface area contributed by atoms with Crippen molar-refractivity contribution in [3.05, 3.63) is 0 Å².